The van der Waals surface area contributed by atoms with Crippen LogP contribution in [0.2, 0.25) is 0 Å². The topological polar surface area (TPSA) is 251 Å². The van der Waals surface area contributed by atoms with Gasteiger partial charge < -0.3 is 42.3 Å². The predicted molar refractivity (Wildman–Crippen MR) is 97.5 cm³/mol. The maximum absolute atomic E-state index is 9.00. The van der Waals surface area contributed by atoms with Crippen LogP contribution in [-0.4, -0.2) is 81.6 Å². The van der Waals surface area contributed by atoms with Crippen LogP contribution in [0.4, 0.5) is 0 Å². The fraction of sp³-hybridized carbons (Fsp3) is 0.643. The molecule has 0 saturated heterocycles. The fourth-order valence-electron chi connectivity index (χ4n) is 0.329. The van der Waals surface area contributed by atoms with E-state index in [0.29, 0.717) is 13.1 Å². The van der Waals surface area contributed by atoms with Crippen LogP contribution in [0.3, 0.4) is 0 Å². The molecule has 0 aromatic carbocycles. The van der Waals surface area contributed by atoms with E-state index in [2.05, 4.69) is 5.32 Å². The van der Waals surface area contributed by atoms with Gasteiger partial charge in [-0.15, -0.1) is 0 Å². The van der Waals surface area contributed by atoms with Gasteiger partial charge in [0.1, 0.15) is 0 Å². The van der Waals surface area contributed by atoms with Crippen LogP contribution >= 0.6 is 0 Å². The van der Waals surface area contributed by atoms with Crippen molar-refractivity contribution in [3.8, 4) is 0 Å². The Hall–Kier alpha value is -1.85. The third-order valence-corrected chi connectivity index (χ3v) is 0.642. The molecule has 0 radical (unpaired) electrons. The SMILES string of the molecule is CC(=O)O.CC(=O)O.CC(=O)O.CC(=O)O.CC(=O)O.NCCNCCN.[Cd]. The summed E-state index contributed by atoms with van der Waals surface area (Å²) in [6, 6.07) is 0. The standard InChI is InChI=1S/C4H13N3.5C2H4O2.Cd/c5-1-3-7-4-2-6;5*1-2(3)4;/h7H,1-6H2;5*1H3,(H,3,4);. The number of carboxylic acid groups (broad SMARTS) is 5. The van der Waals surface area contributed by atoms with E-state index in [9.17, 15) is 0 Å². The summed E-state index contributed by atoms with van der Waals surface area (Å²) < 4.78 is 0. The first-order valence-electron chi connectivity index (χ1n) is 7.16. The summed E-state index contributed by atoms with van der Waals surface area (Å²) in [5.41, 5.74) is 10.3. The molecule has 14 heteroatoms. The molecule has 0 atom stereocenters. The van der Waals surface area contributed by atoms with Gasteiger partial charge in [0.25, 0.3) is 29.8 Å². The quantitative estimate of drug-likeness (QED) is 0.164. The molecule has 0 fully saturated rings. The van der Waals surface area contributed by atoms with Gasteiger partial charge in [0.15, 0.2) is 0 Å². The van der Waals surface area contributed by atoms with Gasteiger partial charge >= 0.3 is 0 Å². The fourth-order valence-corrected chi connectivity index (χ4v) is 0.329. The minimum Gasteiger partial charge on any atom is -0.481 e. The van der Waals surface area contributed by atoms with Crippen LogP contribution in [0.15, 0.2) is 0 Å². The van der Waals surface area contributed by atoms with Crippen LogP contribution in [-0.2, 0) is 51.3 Å². The summed E-state index contributed by atoms with van der Waals surface area (Å²) >= 11 is 0. The maximum Gasteiger partial charge on any atom is 0.300 e. The van der Waals surface area contributed by atoms with Gasteiger partial charge in [-0.05, 0) is 0 Å². The summed E-state index contributed by atoms with van der Waals surface area (Å²) in [4.78, 5) is 45.0. The van der Waals surface area contributed by atoms with Gasteiger partial charge in [0, 0.05) is 88.1 Å². The number of nitrogens with one attached hydrogen (secondary N) is 1. The van der Waals surface area contributed by atoms with Crippen molar-refractivity contribution in [2.24, 2.45) is 11.5 Å². The molecule has 0 aliphatic rings. The second-order valence-electron chi connectivity index (χ2n) is 3.92. The summed E-state index contributed by atoms with van der Waals surface area (Å²) in [6.07, 6.45) is 0. The molecule has 0 aliphatic carbocycles. The Bertz CT molecular complexity index is 289. The number of nitrogens with two attached hydrogens (primary N) is 2. The summed E-state index contributed by atoms with van der Waals surface area (Å²) in [5, 5.41) is 40.1. The number of rotatable bonds is 4. The summed E-state index contributed by atoms with van der Waals surface area (Å²) in [7, 11) is 0. The van der Waals surface area contributed by atoms with Crippen LogP contribution in [0, 0.1) is 0 Å². The normalized spacial score (nSPS) is 6.82. The first-order chi connectivity index (χ1) is 12.1. The van der Waals surface area contributed by atoms with Crippen LogP contribution in [0.5, 0.6) is 0 Å². The Labute approximate surface area is 184 Å². The Kier molecular flexibility index (Phi) is 71.7. The van der Waals surface area contributed by atoms with Crippen molar-refractivity contribution in [2.75, 3.05) is 26.2 Å². The second-order valence-corrected chi connectivity index (χ2v) is 3.92. The molecule has 0 rings (SSSR count). The van der Waals surface area contributed by atoms with Crippen molar-refractivity contribution in [3.63, 3.8) is 0 Å². The summed E-state index contributed by atoms with van der Waals surface area (Å²) in [6.45, 7) is 8.55. The zero-order valence-corrected chi connectivity index (χ0v) is 21.0. The van der Waals surface area contributed by atoms with E-state index in [-0.39, 0.29) is 27.3 Å². The van der Waals surface area contributed by atoms with Gasteiger partial charge in [-0.1, -0.05) is 0 Å². The molecule has 0 aromatic rings. The molecule has 0 saturated carbocycles. The molecule has 0 spiro atoms. The van der Waals surface area contributed by atoms with Crippen LogP contribution in [0.1, 0.15) is 34.6 Å². The third-order valence-electron chi connectivity index (χ3n) is 0.642. The predicted octanol–water partition coefficient (Wildman–Crippen LogP) is -1.05. The zero-order chi connectivity index (χ0) is 23.4. The van der Waals surface area contributed by atoms with E-state index in [1.165, 1.54) is 0 Å². The molecule has 0 amide bonds. The summed E-state index contributed by atoms with van der Waals surface area (Å²) in [5.74, 6) is -4.17. The Morgan fingerprint density at radius 2 is 0.679 bits per heavy atom. The van der Waals surface area contributed by atoms with Gasteiger partial charge in [-0.25, -0.2) is 0 Å². The molecule has 0 bridgehead atoms. The van der Waals surface area contributed by atoms with Gasteiger partial charge in [0.2, 0.25) is 0 Å². The number of hydrogen-bond donors (Lipinski definition) is 8. The first kappa shape index (κ1) is 45.1. The molecule has 166 valence electrons. The monoisotopic (exact) mass is 517 g/mol. The van der Waals surface area contributed by atoms with Crippen molar-refractivity contribution >= 4 is 29.8 Å². The zero-order valence-electron chi connectivity index (χ0n) is 17.0. The Morgan fingerprint density at radius 1 is 0.571 bits per heavy atom. The first-order valence-corrected chi connectivity index (χ1v) is 7.16. The number of hydrogen-bond acceptors (Lipinski definition) is 8. The molecule has 0 unspecified atom stereocenters. The molecule has 10 N–H and O–H groups in total. The second kappa shape index (κ2) is 44.5. The average Bonchev–Trinajstić information content (AvgIpc) is 2.35. The van der Waals surface area contributed by atoms with Crippen molar-refractivity contribution in [1.29, 1.82) is 0 Å². The van der Waals surface area contributed by atoms with Crippen molar-refractivity contribution in [3.05, 3.63) is 0 Å². The number of carbonyl (C=O) groups is 5. The third kappa shape index (κ3) is 2800. The van der Waals surface area contributed by atoms with Crippen LogP contribution < -0.4 is 16.8 Å². The molecular weight excluding hydrogens is 483 g/mol. The molecule has 13 nitrogen and oxygen atoms in total. The van der Waals surface area contributed by atoms with E-state index in [1.54, 1.807) is 0 Å². The Morgan fingerprint density at radius 3 is 0.750 bits per heavy atom. The van der Waals surface area contributed by atoms with Crippen molar-refractivity contribution < 1.29 is 76.8 Å². The maximum atomic E-state index is 9.00. The van der Waals surface area contributed by atoms with E-state index in [1.807, 2.05) is 0 Å². The average molecular weight is 516 g/mol. The molecule has 28 heavy (non-hydrogen) atoms. The molecular formula is C14H33CdN3O10. The minimum absolute atomic E-state index is 0. The number of carboxylic acids is 5. The molecule has 0 aromatic heterocycles. The van der Waals surface area contributed by atoms with E-state index in [0.717, 1.165) is 47.7 Å². The van der Waals surface area contributed by atoms with E-state index < -0.39 is 29.8 Å². The number of aliphatic carboxylic acids is 5. The molecule has 0 aliphatic heterocycles. The van der Waals surface area contributed by atoms with Crippen molar-refractivity contribution in [2.45, 2.75) is 34.6 Å². The largest absolute Gasteiger partial charge is 0.481 e. The smallest absolute Gasteiger partial charge is 0.300 e. The minimum atomic E-state index is -0.833. The molecule has 0 heterocycles. The van der Waals surface area contributed by atoms with Crippen LogP contribution in [0.25, 0.3) is 0 Å². The van der Waals surface area contributed by atoms with Gasteiger partial charge in [-0.2, -0.15) is 0 Å². The van der Waals surface area contributed by atoms with Crippen molar-refractivity contribution in [1.82, 2.24) is 5.32 Å². The van der Waals surface area contributed by atoms with E-state index in [4.69, 9.17) is 61.0 Å². The van der Waals surface area contributed by atoms with Gasteiger partial charge in [0.05, 0.1) is 0 Å². The Balaban J connectivity index is -0.0000000382. The van der Waals surface area contributed by atoms with Gasteiger partial charge in [-0.3, -0.25) is 24.0 Å². The van der Waals surface area contributed by atoms with E-state index >= 15 is 0 Å².